The Morgan fingerprint density at radius 3 is 2.70 bits per heavy atom. The van der Waals surface area contributed by atoms with Crippen LogP contribution in [0.25, 0.3) is 0 Å². The summed E-state index contributed by atoms with van der Waals surface area (Å²) in [6.07, 6.45) is 10.2. The molecule has 2 nitrogen and oxygen atoms in total. The Kier molecular flexibility index (Phi) is 3.05. The van der Waals surface area contributed by atoms with Crippen LogP contribution < -0.4 is 0 Å². The van der Waals surface area contributed by atoms with E-state index >= 15 is 0 Å². The molecule has 4 aliphatic carbocycles. The topological polar surface area (TPSA) is 40.5 Å². The molecule has 0 aliphatic heterocycles. The molecule has 0 aromatic rings. The van der Waals surface area contributed by atoms with Gasteiger partial charge in [-0.2, -0.15) is 0 Å². The van der Waals surface area contributed by atoms with Gasteiger partial charge in [0.15, 0.2) is 0 Å². The minimum Gasteiger partial charge on any atom is -0.393 e. The van der Waals surface area contributed by atoms with Crippen molar-refractivity contribution in [3.63, 3.8) is 0 Å². The quantitative estimate of drug-likeness (QED) is 0.666. The average Bonchev–Trinajstić information content (AvgIpc) is 2.74. The fourth-order valence-corrected chi connectivity index (χ4v) is 6.16. The SMILES string of the molecule is C[C@]12CC[C@@H]3C4=C(CC[C@H]3[C@@H]1CC[C@@H]2O)C[C@H](O)CC4. The maximum atomic E-state index is 10.4. The summed E-state index contributed by atoms with van der Waals surface area (Å²) in [6.45, 7) is 2.35. The summed E-state index contributed by atoms with van der Waals surface area (Å²) in [6, 6.07) is 0. The minimum absolute atomic E-state index is 0.0583. The minimum atomic E-state index is -0.0764. The molecule has 0 radical (unpaired) electrons. The molecule has 0 heterocycles. The summed E-state index contributed by atoms with van der Waals surface area (Å²) in [5.74, 6) is 2.35. The maximum Gasteiger partial charge on any atom is 0.0596 e. The van der Waals surface area contributed by atoms with Gasteiger partial charge in [-0.3, -0.25) is 0 Å². The van der Waals surface area contributed by atoms with Crippen LogP contribution in [0.15, 0.2) is 11.1 Å². The molecule has 0 amide bonds. The normalized spacial score (nSPS) is 51.5. The predicted octanol–water partition coefficient (Wildman–Crippen LogP) is 3.43. The molecule has 0 aromatic carbocycles. The van der Waals surface area contributed by atoms with Crippen molar-refractivity contribution in [3.8, 4) is 0 Å². The monoisotopic (exact) mass is 276 g/mol. The first-order valence-corrected chi connectivity index (χ1v) is 8.66. The van der Waals surface area contributed by atoms with Crippen molar-refractivity contribution in [1.82, 2.24) is 0 Å². The Labute approximate surface area is 122 Å². The second kappa shape index (κ2) is 4.58. The number of hydrogen-bond acceptors (Lipinski definition) is 2. The van der Waals surface area contributed by atoms with Crippen LogP contribution in [0.5, 0.6) is 0 Å². The highest BCUT2D eigenvalue weighted by Crippen LogP contribution is 2.61. The Morgan fingerprint density at radius 1 is 1.00 bits per heavy atom. The van der Waals surface area contributed by atoms with Gasteiger partial charge in [-0.25, -0.2) is 0 Å². The van der Waals surface area contributed by atoms with Crippen LogP contribution in [-0.2, 0) is 0 Å². The largest absolute Gasteiger partial charge is 0.393 e. The number of hydrogen-bond donors (Lipinski definition) is 2. The van der Waals surface area contributed by atoms with E-state index in [0.717, 1.165) is 43.4 Å². The molecule has 6 atom stereocenters. The highest BCUT2D eigenvalue weighted by molar-refractivity contribution is 5.27. The molecular weight excluding hydrogens is 248 g/mol. The molecule has 4 aliphatic rings. The van der Waals surface area contributed by atoms with Gasteiger partial charge in [0.05, 0.1) is 12.2 Å². The van der Waals surface area contributed by atoms with Gasteiger partial charge in [0.1, 0.15) is 0 Å². The predicted molar refractivity (Wildman–Crippen MR) is 79.2 cm³/mol. The second-order valence-corrected chi connectivity index (χ2v) is 8.08. The van der Waals surface area contributed by atoms with E-state index in [4.69, 9.17) is 0 Å². The van der Waals surface area contributed by atoms with Gasteiger partial charge in [0, 0.05) is 0 Å². The lowest BCUT2D eigenvalue weighted by Gasteiger charge is -2.51. The zero-order valence-electron chi connectivity index (χ0n) is 12.6. The van der Waals surface area contributed by atoms with E-state index < -0.39 is 0 Å². The number of rotatable bonds is 0. The molecule has 112 valence electrons. The van der Waals surface area contributed by atoms with Crippen molar-refractivity contribution >= 4 is 0 Å². The lowest BCUT2D eigenvalue weighted by atomic mass is 9.54. The Morgan fingerprint density at radius 2 is 1.85 bits per heavy atom. The number of aliphatic hydroxyl groups is 2. The number of allylic oxidation sites excluding steroid dienone is 1. The van der Waals surface area contributed by atoms with Crippen LogP contribution >= 0.6 is 0 Å². The summed E-state index contributed by atoms with van der Waals surface area (Å²) in [4.78, 5) is 0. The van der Waals surface area contributed by atoms with Crippen LogP contribution in [-0.4, -0.2) is 22.4 Å². The first kappa shape index (κ1) is 13.3. The van der Waals surface area contributed by atoms with Gasteiger partial charge in [-0.05, 0) is 81.0 Å². The Bertz CT molecular complexity index is 441. The third-order valence-corrected chi connectivity index (χ3v) is 7.30. The van der Waals surface area contributed by atoms with E-state index in [-0.39, 0.29) is 17.6 Å². The summed E-state index contributed by atoms with van der Waals surface area (Å²) in [7, 11) is 0. The van der Waals surface area contributed by atoms with Gasteiger partial charge >= 0.3 is 0 Å². The summed E-state index contributed by atoms with van der Waals surface area (Å²) >= 11 is 0. The smallest absolute Gasteiger partial charge is 0.0596 e. The van der Waals surface area contributed by atoms with Gasteiger partial charge in [-0.15, -0.1) is 0 Å². The van der Waals surface area contributed by atoms with Gasteiger partial charge in [0.2, 0.25) is 0 Å². The summed E-state index contributed by atoms with van der Waals surface area (Å²) in [5, 5.41) is 20.3. The second-order valence-electron chi connectivity index (χ2n) is 8.08. The van der Waals surface area contributed by atoms with E-state index in [1.54, 1.807) is 11.1 Å². The third kappa shape index (κ3) is 1.77. The van der Waals surface area contributed by atoms with Crippen molar-refractivity contribution in [3.05, 3.63) is 11.1 Å². The lowest BCUT2D eigenvalue weighted by molar-refractivity contribution is -0.0326. The first-order valence-electron chi connectivity index (χ1n) is 8.66. The molecule has 0 bridgehead atoms. The molecule has 2 heteroatoms. The van der Waals surface area contributed by atoms with E-state index in [0.29, 0.717) is 0 Å². The van der Waals surface area contributed by atoms with Crippen molar-refractivity contribution in [2.45, 2.75) is 76.9 Å². The number of fused-ring (bicyclic) bond motifs is 4. The summed E-state index contributed by atoms with van der Waals surface area (Å²) < 4.78 is 0. The van der Waals surface area contributed by atoms with Crippen molar-refractivity contribution in [1.29, 1.82) is 0 Å². The molecule has 0 unspecified atom stereocenters. The molecule has 0 aromatic heterocycles. The van der Waals surface area contributed by atoms with Crippen LogP contribution in [0.4, 0.5) is 0 Å². The molecule has 20 heavy (non-hydrogen) atoms. The van der Waals surface area contributed by atoms with Crippen LogP contribution in [0.2, 0.25) is 0 Å². The Hall–Kier alpha value is -0.340. The van der Waals surface area contributed by atoms with Crippen molar-refractivity contribution < 1.29 is 10.2 Å². The molecule has 2 N–H and O–H groups in total. The van der Waals surface area contributed by atoms with Gasteiger partial charge in [0.25, 0.3) is 0 Å². The highest BCUT2D eigenvalue weighted by atomic mass is 16.3. The maximum absolute atomic E-state index is 10.4. The molecule has 0 saturated heterocycles. The van der Waals surface area contributed by atoms with E-state index in [1.165, 1.54) is 32.1 Å². The van der Waals surface area contributed by atoms with E-state index in [1.807, 2.05) is 0 Å². The van der Waals surface area contributed by atoms with Crippen molar-refractivity contribution in [2.75, 3.05) is 0 Å². The first-order chi connectivity index (χ1) is 9.59. The standard InChI is InChI=1S/C18H28O2/c1-18-9-8-14-13-5-3-12(19)10-11(13)2-4-15(14)16(18)6-7-17(18)20/h12,14-17,19-20H,2-10H2,1H3/t12-,14-,15-,16+,17+,18+/m1/s1. The zero-order chi connectivity index (χ0) is 13.9. The number of aliphatic hydroxyl groups excluding tert-OH is 2. The lowest BCUT2D eigenvalue weighted by Crippen LogP contribution is -2.45. The van der Waals surface area contributed by atoms with Gasteiger partial charge in [-0.1, -0.05) is 18.1 Å². The fourth-order valence-electron chi connectivity index (χ4n) is 6.16. The molecule has 4 rings (SSSR count). The van der Waals surface area contributed by atoms with Crippen LogP contribution in [0.3, 0.4) is 0 Å². The van der Waals surface area contributed by atoms with Crippen molar-refractivity contribution in [2.24, 2.45) is 23.2 Å². The zero-order valence-corrected chi connectivity index (χ0v) is 12.6. The van der Waals surface area contributed by atoms with Crippen LogP contribution in [0.1, 0.15) is 64.7 Å². The molecular formula is C18H28O2. The Balaban J connectivity index is 1.64. The van der Waals surface area contributed by atoms with Gasteiger partial charge < -0.3 is 10.2 Å². The van der Waals surface area contributed by atoms with Crippen LogP contribution in [0, 0.1) is 23.2 Å². The summed E-state index contributed by atoms with van der Waals surface area (Å²) in [5.41, 5.74) is 3.54. The molecule has 2 fully saturated rings. The fraction of sp³-hybridized carbons (Fsp3) is 0.889. The van der Waals surface area contributed by atoms with E-state index in [9.17, 15) is 10.2 Å². The molecule has 2 saturated carbocycles. The highest BCUT2D eigenvalue weighted by Gasteiger charge is 2.54. The molecule has 0 spiro atoms. The average molecular weight is 276 g/mol. The van der Waals surface area contributed by atoms with E-state index in [2.05, 4.69) is 6.92 Å². The third-order valence-electron chi connectivity index (χ3n) is 7.30.